The van der Waals surface area contributed by atoms with Gasteiger partial charge in [-0.1, -0.05) is 25.1 Å². The molecule has 0 aliphatic heterocycles. The van der Waals surface area contributed by atoms with Crippen LogP contribution < -0.4 is 5.73 Å². The molecule has 0 amide bonds. The first kappa shape index (κ1) is 11.3. The van der Waals surface area contributed by atoms with Gasteiger partial charge >= 0.3 is 0 Å². The van der Waals surface area contributed by atoms with Gasteiger partial charge in [-0.05, 0) is 17.9 Å². The van der Waals surface area contributed by atoms with E-state index in [0.29, 0.717) is 11.8 Å². The molecule has 0 saturated heterocycles. The lowest BCUT2D eigenvalue weighted by atomic mass is 10.1. The van der Waals surface area contributed by atoms with E-state index in [1.807, 2.05) is 17.5 Å². The van der Waals surface area contributed by atoms with Crippen LogP contribution in [0.25, 0.3) is 0 Å². The Kier molecular flexibility index (Phi) is 3.36. The average Bonchev–Trinajstić information content (AvgIpc) is 2.97. The van der Waals surface area contributed by atoms with E-state index < -0.39 is 0 Å². The molecular formula is C11H15N3OS. The molecule has 0 aliphatic rings. The van der Waals surface area contributed by atoms with Crippen molar-refractivity contribution in [2.24, 2.45) is 5.73 Å². The quantitative estimate of drug-likeness (QED) is 0.888. The molecule has 2 rings (SSSR count). The second-order valence-corrected chi connectivity index (χ2v) is 4.77. The van der Waals surface area contributed by atoms with E-state index in [-0.39, 0.29) is 6.04 Å². The van der Waals surface area contributed by atoms with Crippen molar-refractivity contribution in [3.63, 3.8) is 0 Å². The highest BCUT2D eigenvalue weighted by Crippen LogP contribution is 2.24. The standard InChI is InChI=1S/C11H15N3OS/c1-3-7(2)10-13-11(15-14-10)9(12)8-5-4-6-16-8/h4-7,9H,3,12H2,1-2H3. The van der Waals surface area contributed by atoms with Crippen LogP contribution in [0.3, 0.4) is 0 Å². The molecule has 2 N–H and O–H groups in total. The van der Waals surface area contributed by atoms with Crippen molar-refractivity contribution in [2.45, 2.75) is 32.2 Å². The number of aromatic nitrogens is 2. The normalized spacial score (nSPS) is 14.9. The minimum atomic E-state index is -0.301. The molecule has 5 heteroatoms. The maximum Gasteiger partial charge on any atom is 0.248 e. The van der Waals surface area contributed by atoms with Crippen LogP contribution in [0.2, 0.25) is 0 Å². The first-order valence-electron chi connectivity index (χ1n) is 5.34. The third-order valence-corrected chi connectivity index (χ3v) is 3.58. The van der Waals surface area contributed by atoms with Crippen LogP contribution in [-0.2, 0) is 0 Å². The fraction of sp³-hybridized carbons (Fsp3) is 0.455. The maximum absolute atomic E-state index is 6.03. The number of rotatable bonds is 4. The third kappa shape index (κ3) is 2.15. The Morgan fingerprint density at radius 1 is 1.56 bits per heavy atom. The lowest BCUT2D eigenvalue weighted by Gasteiger charge is -2.02. The fourth-order valence-electron chi connectivity index (χ4n) is 1.35. The molecule has 86 valence electrons. The summed E-state index contributed by atoms with van der Waals surface area (Å²) in [4.78, 5) is 5.38. The summed E-state index contributed by atoms with van der Waals surface area (Å²) in [6, 6.07) is 3.64. The number of nitrogens with two attached hydrogens (primary N) is 1. The second-order valence-electron chi connectivity index (χ2n) is 3.79. The molecule has 2 aromatic heterocycles. The van der Waals surface area contributed by atoms with Gasteiger partial charge in [-0.15, -0.1) is 11.3 Å². The Morgan fingerprint density at radius 3 is 3.00 bits per heavy atom. The van der Waals surface area contributed by atoms with E-state index in [1.165, 1.54) is 0 Å². The highest BCUT2D eigenvalue weighted by molar-refractivity contribution is 7.10. The van der Waals surface area contributed by atoms with Crippen LogP contribution in [0, 0.1) is 0 Å². The molecule has 16 heavy (non-hydrogen) atoms. The fourth-order valence-corrected chi connectivity index (χ4v) is 2.07. The molecule has 0 aromatic carbocycles. The zero-order chi connectivity index (χ0) is 11.5. The summed E-state index contributed by atoms with van der Waals surface area (Å²) in [5.74, 6) is 1.55. The predicted octanol–water partition coefficient (Wildman–Crippen LogP) is 2.69. The minimum Gasteiger partial charge on any atom is -0.337 e. The van der Waals surface area contributed by atoms with E-state index in [9.17, 15) is 0 Å². The van der Waals surface area contributed by atoms with Crippen molar-refractivity contribution in [3.8, 4) is 0 Å². The van der Waals surface area contributed by atoms with E-state index in [4.69, 9.17) is 10.3 Å². The summed E-state index contributed by atoms with van der Waals surface area (Å²) in [5, 5.41) is 5.94. The van der Waals surface area contributed by atoms with Gasteiger partial charge in [0.25, 0.3) is 0 Å². The summed E-state index contributed by atoms with van der Waals surface area (Å²) < 4.78 is 5.19. The zero-order valence-corrected chi connectivity index (χ0v) is 10.2. The van der Waals surface area contributed by atoms with Gasteiger partial charge in [-0.2, -0.15) is 4.98 Å². The van der Waals surface area contributed by atoms with Gasteiger partial charge in [0.2, 0.25) is 5.89 Å². The Bertz CT molecular complexity index is 438. The van der Waals surface area contributed by atoms with Crippen molar-refractivity contribution in [3.05, 3.63) is 34.1 Å². The van der Waals surface area contributed by atoms with Gasteiger partial charge in [0, 0.05) is 10.8 Å². The molecular weight excluding hydrogens is 222 g/mol. The van der Waals surface area contributed by atoms with Crippen LogP contribution in [0.15, 0.2) is 22.0 Å². The molecule has 0 radical (unpaired) electrons. The molecule has 2 atom stereocenters. The number of hydrogen-bond acceptors (Lipinski definition) is 5. The lowest BCUT2D eigenvalue weighted by Crippen LogP contribution is -2.10. The van der Waals surface area contributed by atoms with Gasteiger partial charge < -0.3 is 10.3 Å². The monoisotopic (exact) mass is 237 g/mol. The maximum atomic E-state index is 6.03. The lowest BCUT2D eigenvalue weighted by molar-refractivity contribution is 0.361. The Hall–Kier alpha value is -1.20. The van der Waals surface area contributed by atoms with Gasteiger partial charge in [0.15, 0.2) is 5.82 Å². The topological polar surface area (TPSA) is 64.9 Å². The van der Waals surface area contributed by atoms with Crippen molar-refractivity contribution in [1.29, 1.82) is 0 Å². The molecule has 0 bridgehead atoms. The summed E-state index contributed by atoms with van der Waals surface area (Å²) in [5.41, 5.74) is 6.03. The van der Waals surface area contributed by atoms with Crippen LogP contribution in [0.5, 0.6) is 0 Å². The van der Waals surface area contributed by atoms with Crippen molar-refractivity contribution in [2.75, 3.05) is 0 Å². The minimum absolute atomic E-state index is 0.301. The smallest absolute Gasteiger partial charge is 0.248 e. The Morgan fingerprint density at radius 2 is 2.38 bits per heavy atom. The van der Waals surface area contributed by atoms with Crippen molar-refractivity contribution < 1.29 is 4.52 Å². The van der Waals surface area contributed by atoms with E-state index in [0.717, 1.165) is 17.1 Å². The zero-order valence-electron chi connectivity index (χ0n) is 9.38. The molecule has 2 heterocycles. The third-order valence-electron chi connectivity index (χ3n) is 2.63. The summed E-state index contributed by atoms with van der Waals surface area (Å²) >= 11 is 1.60. The Balaban J connectivity index is 2.19. The van der Waals surface area contributed by atoms with Gasteiger partial charge in [0.1, 0.15) is 6.04 Å². The summed E-state index contributed by atoms with van der Waals surface area (Å²) in [6.45, 7) is 4.17. The molecule has 0 aliphatic carbocycles. The molecule has 4 nitrogen and oxygen atoms in total. The summed E-state index contributed by atoms with van der Waals surface area (Å²) in [6.07, 6.45) is 0.993. The predicted molar refractivity (Wildman–Crippen MR) is 63.4 cm³/mol. The largest absolute Gasteiger partial charge is 0.337 e. The van der Waals surface area contributed by atoms with E-state index >= 15 is 0 Å². The first-order chi connectivity index (χ1) is 7.72. The van der Waals surface area contributed by atoms with Crippen molar-refractivity contribution in [1.82, 2.24) is 10.1 Å². The Labute approximate surface area is 98.5 Å². The highest BCUT2D eigenvalue weighted by atomic mass is 32.1. The van der Waals surface area contributed by atoms with Crippen LogP contribution in [0.1, 0.15) is 48.8 Å². The van der Waals surface area contributed by atoms with Gasteiger partial charge in [-0.25, -0.2) is 0 Å². The van der Waals surface area contributed by atoms with Crippen molar-refractivity contribution >= 4 is 11.3 Å². The van der Waals surface area contributed by atoms with Gasteiger partial charge in [0.05, 0.1) is 0 Å². The molecule has 2 aromatic rings. The summed E-state index contributed by atoms with van der Waals surface area (Å²) in [7, 11) is 0. The van der Waals surface area contributed by atoms with Crippen LogP contribution >= 0.6 is 11.3 Å². The van der Waals surface area contributed by atoms with E-state index in [2.05, 4.69) is 24.0 Å². The molecule has 0 saturated carbocycles. The van der Waals surface area contributed by atoms with Crippen LogP contribution in [0.4, 0.5) is 0 Å². The van der Waals surface area contributed by atoms with Crippen LogP contribution in [-0.4, -0.2) is 10.1 Å². The number of thiophene rings is 1. The van der Waals surface area contributed by atoms with E-state index in [1.54, 1.807) is 11.3 Å². The number of nitrogens with zero attached hydrogens (tertiary/aromatic N) is 2. The molecule has 0 spiro atoms. The van der Waals surface area contributed by atoms with Gasteiger partial charge in [-0.3, -0.25) is 0 Å². The molecule has 0 fully saturated rings. The highest BCUT2D eigenvalue weighted by Gasteiger charge is 2.19. The second kappa shape index (κ2) is 4.76. The number of hydrogen-bond donors (Lipinski definition) is 1. The average molecular weight is 237 g/mol. The molecule has 2 unspecified atom stereocenters. The first-order valence-corrected chi connectivity index (χ1v) is 6.22. The SMILES string of the molecule is CCC(C)c1noc(C(N)c2cccs2)n1.